The molecule has 0 aliphatic carbocycles. The summed E-state index contributed by atoms with van der Waals surface area (Å²) in [6.07, 6.45) is 4.59. The van der Waals surface area contributed by atoms with Gasteiger partial charge in [-0.15, -0.1) is 0 Å². The van der Waals surface area contributed by atoms with Crippen LogP contribution in [0.25, 0.3) is 0 Å². The van der Waals surface area contributed by atoms with Crippen LogP contribution in [0.15, 0.2) is 18.5 Å². The Morgan fingerprint density at radius 1 is 1.50 bits per heavy atom. The predicted octanol–water partition coefficient (Wildman–Crippen LogP) is 1.01. The standard InChI is InChI=1S/C13H24N4O/c1-4-11(3)12(14)13(18)15-8-10(2)9-17-7-5-6-16-17/h5-7,10-12H,4,8-9,14H2,1-3H3,(H,15,18). The second kappa shape index (κ2) is 7.16. The van der Waals surface area contributed by atoms with Gasteiger partial charge in [-0.05, 0) is 17.9 Å². The highest BCUT2D eigenvalue weighted by atomic mass is 16.2. The van der Waals surface area contributed by atoms with Crippen molar-refractivity contribution in [2.75, 3.05) is 6.54 Å². The Balaban J connectivity index is 2.29. The first-order chi connectivity index (χ1) is 8.54. The van der Waals surface area contributed by atoms with Gasteiger partial charge in [-0.3, -0.25) is 9.48 Å². The second-order valence-corrected chi connectivity index (χ2v) is 4.99. The molecule has 0 bridgehead atoms. The summed E-state index contributed by atoms with van der Waals surface area (Å²) in [5.41, 5.74) is 5.86. The minimum absolute atomic E-state index is 0.0586. The van der Waals surface area contributed by atoms with Gasteiger partial charge in [-0.2, -0.15) is 5.10 Å². The Hall–Kier alpha value is -1.36. The lowest BCUT2D eigenvalue weighted by molar-refractivity contribution is -0.123. The van der Waals surface area contributed by atoms with Crippen molar-refractivity contribution in [1.82, 2.24) is 15.1 Å². The molecule has 1 aromatic rings. The molecule has 3 unspecified atom stereocenters. The van der Waals surface area contributed by atoms with Crippen molar-refractivity contribution in [3.63, 3.8) is 0 Å². The minimum Gasteiger partial charge on any atom is -0.354 e. The van der Waals surface area contributed by atoms with Gasteiger partial charge in [0.1, 0.15) is 0 Å². The Morgan fingerprint density at radius 2 is 2.22 bits per heavy atom. The third kappa shape index (κ3) is 4.49. The van der Waals surface area contributed by atoms with Crippen LogP contribution in [0.3, 0.4) is 0 Å². The lowest BCUT2D eigenvalue weighted by atomic mass is 9.99. The Kier molecular flexibility index (Phi) is 5.85. The van der Waals surface area contributed by atoms with E-state index in [1.807, 2.05) is 30.8 Å². The zero-order valence-corrected chi connectivity index (χ0v) is 11.5. The number of nitrogens with one attached hydrogen (secondary N) is 1. The molecule has 5 heteroatoms. The predicted molar refractivity (Wildman–Crippen MR) is 71.8 cm³/mol. The van der Waals surface area contributed by atoms with Crippen molar-refractivity contribution < 1.29 is 4.79 Å². The van der Waals surface area contributed by atoms with Gasteiger partial charge in [0, 0.05) is 25.5 Å². The van der Waals surface area contributed by atoms with Crippen molar-refractivity contribution in [2.24, 2.45) is 17.6 Å². The first-order valence-corrected chi connectivity index (χ1v) is 6.55. The van der Waals surface area contributed by atoms with Gasteiger partial charge < -0.3 is 11.1 Å². The monoisotopic (exact) mass is 252 g/mol. The lowest BCUT2D eigenvalue weighted by Gasteiger charge is -2.19. The number of rotatable bonds is 7. The molecule has 5 nitrogen and oxygen atoms in total. The number of hydrogen-bond donors (Lipinski definition) is 2. The highest BCUT2D eigenvalue weighted by Crippen LogP contribution is 2.05. The number of aromatic nitrogens is 2. The molecule has 0 radical (unpaired) electrons. The fourth-order valence-electron chi connectivity index (χ4n) is 1.70. The van der Waals surface area contributed by atoms with Crippen LogP contribution in [0.4, 0.5) is 0 Å². The summed E-state index contributed by atoms with van der Waals surface area (Å²) in [4.78, 5) is 11.8. The molecule has 0 saturated carbocycles. The van der Waals surface area contributed by atoms with E-state index in [2.05, 4.69) is 17.3 Å². The fourth-order valence-corrected chi connectivity index (χ4v) is 1.70. The molecule has 3 N–H and O–H groups in total. The number of hydrogen-bond acceptors (Lipinski definition) is 3. The van der Waals surface area contributed by atoms with E-state index < -0.39 is 6.04 Å². The maximum atomic E-state index is 11.8. The summed E-state index contributed by atoms with van der Waals surface area (Å²) in [5, 5.41) is 7.04. The number of carbonyl (C=O) groups is 1. The minimum atomic E-state index is -0.410. The molecule has 1 rings (SSSR count). The summed E-state index contributed by atoms with van der Waals surface area (Å²) in [5.74, 6) is 0.487. The largest absolute Gasteiger partial charge is 0.354 e. The van der Waals surface area contributed by atoms with Crippen LogP contribution in [0, 0.1) is 11.8 Å². The van der Waals surface area contributed by atoms with Gasteiger partial charge in [0.05, 0.1) is 6.04 Å². The maximum Gasteiger partial charge on any atom is 0.237 e. The van der Waals surface area contributed by atoms with Crippen LogP contribution in [-0.4, -0.2) is 28.3 Å². The molecule has 1 amide bonds. The highest BCUT2D eigenvalue weighted by Gasteiger charge is 2.19. The van der Waals surface area contributed by atoms with E-state index in [1.54, 1.807) is 6.20 Å². The average Bonchev–Trinajstić information content (AvgIpc) is 2.86. The van der Waals surface area contributed by atoms with Crippen LogP contribution >= 0.6 is 0 Å². The Labute approximate surface area is 109 Å². The molecule has 102 valence electrons. The normalized spacial score (nSPS) is 16.0. The van der Waals surface area contributed by atoms with E-state index >= 15 is 0 Å². The topological polar surface area (TPSA) is 72.9 Å². The molecular formula is C13H24N4O. The van der Waals surface area contributed by atoms with Gasteiger partial charge >= 0.3 is 0 Å². The van der Waals surface area contributed by atoms with Crippen molar-refractivity contribution in [3.05, 3.63) is 18.5 Å². The number of nitrogens with zero attached hydrogens (tertiary/aromatic N) is 2. The van der Waals surface area contributed by atoms with Crippen molar-refractivity contribution >= 4 is 5.91 Å². The fraction of sp³-hybridized carbons (Fsp3) is 0.692. The summed E-state index contributed by atoms with van der Waals surface area (Å²) in [6, 6.07) is 1.48. The quantitative estimate of drug-likeness (QED) is 0.760. The third-order valence-corrected chi connectivity index (χ3v) is 3.24. The van der Waals surface area contributed by atoms with Crippen LogP contribution < -0.4 is 11.1 Å². The first-order valence-electron chi connectivity index (χ1n) is 6.55. The van der Waals surface area contributed by atoms with E-state index in [0.29, 0.717) is 12.5 Å². The first kappa shape index (κ1) is 14.7. The smallest absolute Gasteiger partial charge is 0.237 e. The molecule has 0 aliphatic heterocycles. The third-order valence-electron chi connectivity index (χ3n) is 3.24. The maximum absolute atomic E-state index is 11.8. The van der Waals surface area contributed by atoms with E-state index in [9.17, 15) is 4.79 Å². The molecule has 0 fully saturated rings. The molecule has 0 aromatic carbocycles. The van der Waals surface area contributed by atoms with Crippen molar-refractivity contribution in [3.8, 4) is 0 Å². The molecule has 0 aliphatic rings. The number of amides is 1. The highest BCUT2D eigenvalue weighted by molar-refractivity contribution is 5.81. The van der Waals surface area contributed by atoms with Crippen LogP contribution in [0.5, 0.6) is 0 Å². The molecule has 0 saturated heterocycles. The molecule has 1 heterocycles. The van der Waals surface area contributed by atoms with Crippen LogP contribution in [0.1, 0.15) is 27.2 Å². The molecule has 18 heavy (non-hydrogen) atoms. The zero-order valence-electron chi connectivity index (χ0n) is 11.5. The van der Waals surface area contributed by atoms with E-state index in [1.165, 1.54) is 0 Å². The second-order valence-electron chi connectivity index (χ2n) is 4.99. The van der Waals surface area contributed by atoms with Crippen LogP contribution in [0.2, 0.25) is 0 Å². The lowest BCUT2D eigenvalue weighted by Crippen LogP contribution is -2.46. The summed E-state index contributed by atoms with van der Waals surface area (Å²) >= 11 is 0. The van der Waals surface area contributed by atoms with Gasteiger partial charge in [0.15, 0.2) is 0 Å². The van der Waals surface area contributed by atoms with E-state index in [0.717, 1.165) is 13.0 Å². The molecule has 3 atom stereocenters. The summed E-state index contributed by atoms with van der Waals surface area (Å²) in [7, 11) is 0. The number of carbonyl (C=O) groups excluding carboxylic acids is 1. The summed E-state index contributed by atoms with van der Waals surface area (Å²) < 4.78 is 1.87. The van der Waals surface area contributed by atoms with Crippen molar-refractivity contribution in [2.45, 2.75) is 39.8 Å². The Morgan fingerprint density at radius 3 is 2.78 bits per heavy atom. The van der Waals surface area contributed by atoms with Crippen LogP contribution in [-0.2, 0) is 11.3 Å². The van der Waals surface area contributed by atoms with E-state index in [-0.39, 0.29) is 11.8 Å². The molecular weight excluding hydrogens is 228 g/mol. The average molecular weight is 252 g/mol. The SMILES string of the molecule is CCC(C)C(N)C(=O)NCC(C)Cn1cccn1. The van der Waals surface area contributed by atoms with E-state index in [4.69, 9.17) is 5.73 Å². The van der Waals surface area contributed by atoms with Gasteiger partial charge in [0.25, 0.3) is 0 Å². The summed E-state index contributed by atoms with van der Waals surface area (Å²) in [6.45, 7) is 7.54. The number of nitrogens with two attached hydrogens (primary N) is 1. The zero-order chi connectivity index (χ0) is 13.5. The molecule has 1 aromatic heterocycles. The van der Waals surface area contributed by atoms with Gasteiger partial charge in [0.2, 0.25) is 5.91 Å². The van der Waals surface area contributed by atoms with Gasteiger partial charge in [-0.1, -0.05) is 27.2 Å². The Bertz CT molecular complexity index is 350. The molecule has 0 spiro atoms. The van der Waals surface area contributed by atoms with Crippen molar-refractivity contribution in [1.29, 1.82) is 0 Å². The van der Waals surface area contributed by atoms with Gasteiger partial charge in [-0.25, -0.2) is 0 Å².